The summed E-state index contributed by atoms with van der Waals surface area (Å²) < 4.78 is 5.74. The number of rotatable bonds is 4. The molecule has 10 heteroatoms. The molecule has 0 unspecified atom stereocenters. The molecule has 6 nitrogen and oxygen atoms in total. The topological polar surface area (TPSA) is 83.0 Å². The van der Waals surface area contributed by atoms with Gasteiger partial charge in [-0.3, -0.25) is 0 Å². The van der Waals surface area contributed by atoms with Crippen molar-refractivity contribution in [3.63, 3.8) is 0 Å². The molecule has 1 aliphatic heterocycles. The summed E-state index contributed by atoms with van der Waals surface area (Å²) in [6.07, 6.45) is 2.28. The third kappa shape index (κ3) is 5.37. The van der Waals surface area contributed by atoms with Crippen molar-refractivity contribution in [1.29, 1.82) is 0 Å². The Morgan fingerprint density at radius 3 is 2.64 bits per heavy atom. The van der Waals surface area contributed by atoms with E-state index in [1.807, 2.05) is 6.07 Å². The molecule has 1 aliphatic rings. The Bertz CT molecular complexity index is 747. The van der Waals surface area contributed by atoms with E-state index < -0.39 is 5.76 Å². The third-order valence-electron chi connectivity index (χ3n) is 4.19. The van der Waals surface area contributed by atoms with E-state index in [-0.39, 0.29) is 30.7 Å². The third-order valence-corrected chi connectivity index (χ3v) is 5.45. The van der Waals surface area contributed by atoms with Gasteiger partial charge in [-0.15, -0.1) is 29.9 Å². The van der Waals surface area contributed by atoms with Gasteiger partial charge in [0, 0.05) is 16.1 Å². The fourth-order valence-electron chi connectivity index (χ4n) is 2.88. The molecule has 2 heterocycles. The van der Waals surface area contributed by atoms with Crippen molar-refractivity contribution >= 4 is 58.0 Å². The number of hydrogen-bond donors (Lipinski definition) is 3. The van der Waals surface area contributed by atoms with Gasteiger partial charge in [0.15, 0.2) is 0 Å². The number of anilines is 1. The Morgan fingerprint density at radius 2 is 2.04 bits per heavy atom. The molecule has 25 heavy (non-hydrogen) atoms. The van der Waals surface area contributed by atoms with Crippen LogP contribution in [-0.2, 0) is 0 Å². The van der Waals surface area contributed by atoms with E-state index in [9.17, 15) is 4.79 Å². The number of nitrogens with one attached hydrogen (secondary N) is 3. The van der Waals surface area contributed by atoms with Crippen molar-refractivity contribution in [2.75, 3.05) is 18.4 Å². The van der Waals surface area contributed by atoms with Crippen molar-refractivity contribution in [2.45, 2.75) is 25.8 Å². The van der Waals surface area contributed by atoms with Crippen LogP contribution >= 0.6 is 52.3 Å². The Labute approximate surface area is 171 Å². The molecule has 0 aliphatic carbocycles. The van der Waals surface area contributed by atoms with Crippen LogP contribution in [0.15, 0.2) is 25.8 Å². The second kappa shape index (κ2) is 9.83. The van der Waals surface area contributed by atoms with E-state index in [0.29, 0.717) is 22.5 Å². The number of aromatic nitrogens is 2. The summed E-state index contributed by atoms with van der Waals surface area (Å²) in [5.41, 5.74) is 1.48. The Morgan fingerprint density at radius 1 is 1.36 bits per heavy atom. The first kappa shape index (κ1) is 22.3. The van der Waals surface area contributed by atoms with Gasteiger partial charge in [0.2, 0.25) is 5.89 Å². The van der Waals surface area contributed by atoms with Crippen LogP contribution in [0.25, 0.3) is 11.5 Å². The van der Waals surface area contributed by atoms with Gasteiger partial charge < -0.3 is 15.1 Å². The summed E-state index contributed by atoms with van der Waals surface area (Å²) in [5.74, 6) is 0.256. The average Bonchev–Trinajstić information content (AvgIpc) is 2.99. The predicted octanol–water partition coefficient (Wildman–Crippen LogP) is 4.09. The first-order valence-corrected chi connectivity index (χ1v) is 8.74. The number of piperidine rings is 1. The van der Waals surface area contributed by atoms with Crippen LogP contribution in [0.2, 0.25) is 5.02 Å². The normalized spacial score (nSPS) is 15.8. The molecule has 0 radical (unpaired) electrons. The van der Waals surface area contributed by atoms with Crippen molar-refractivity contribution in [2.24, 2.45) is 5.92 Å². The zero-order valence-electron chi connectivity index (χ0n) is 13.5. The molecular formula is C15H20BrCl3N4O2. The van der Waals surface area contributed by atoms with E-state index >= 15 is 0 Å². The predicted molar refractivity (Wildman–Crippen MR) is 108 cm³/mol. The number of H-pyrrole nitrogens is 1. The summed E-state index contributed by atoms with van der Waals surface area (Å²) >= 11 is 9.85. The minimum Gasteiger partial charge on any atom is -0.388 e. The van der Waals surface area contributed by atoms with Gasteiger partial charge >= 0.3 is 5.76 Å². The number of nitrogens with zero attached hydrogens (tertiary/aromatic N) is 1. The molecule has 1 aromatic heterocycles. The van der Waals surface area contributed by atoms with E-state index in [1.165, 1.54) is 0 Å². The lowest BCUT2D eigenvalue weighted by atomic mass is 9.91. The molecule has 0 spiro atoms. The SMILES string of the molecule is C[C@H](Nc1cc(-c2n[nH]c(=O)o2)cc(Br)c1Cl)C1CCNCC1.Cl.Cl. The second-order valence-corrected chi connectivity index (χ2v) is 6.99. The van der Waals surface area contributed by atoms with Crippen LogP contribution in [0.1, 0.15) is 19.8 Å². The minimum atomic E-state index is -0.580. The lowest BCUT2D eigenvalue weighted by Crippen LogP contribution is -2.36. The highest BCUT2D eigenvalue weighted by Crippen LogP contribution is 2.36. The Kier molecular flexibility index (Phi) is 8.77. The summed E-state index contributed by atoms with van der Waals surface area (Å²) in [6.45, 7) is 4.26. The standard InChI is InChI=1S/C15H18BrClN4O2.2ClH/c1-8(9-2-4-18-5-3-9)19-12-7-10(6-11(16)13(12)17)14-20-21-15(22)23-14;;/h6-9,18-19H,2-5H2,1H3,(H,21,22);2*1H/t8-;;/m0../s1. The molecular weight excluding hydrogens is 454 g/mol. The van der Waals surface area contributed by atoms with Gasteiger partial charge in [-0.05, 0) is 66.8 Å². The van der Waals surface area contributed by atoms with Crippen molar-refractivity contribution in [3.05, 3.63) is 32.2 Å². The molecule has 140 valence electrons. The fraction of sp³-hybridized carbons (Fsp3) is 0.467. The molecule has 3 N–H and O–H groups in total. The molecule has 1 saturated heterocycles. The second-order valence-electron chi connectivity index (χ2n) is 5.76. The Balaban J connectivity index is 0.00000156. The number of benzene rings is 1. The summed E-state index contributed by atoms with van der Waals surface area (Å²) in [6, 6.07) is 3.92. The first-order chi connectivity index (χ1) is 11.0. The van der Waals surface area contributed by atoms with Gasteiger partial charge in [-0.25, -0.2) is 9.89 Å². The summed E-state index contributed by atoms with van der Waals surface area (Å²) in [7, 11) is 0. The van der Waals surface area contributed by atoms with E-state index in [4.69, 9.17) is 16.0 Å². The molecule has 1 fully saturated rings. The van der Waals surface area contributed by atoms with E-state index in [2.05, 4.69) is 43.7 Å². The monoisotopic (exact) mass is 472 g/mol. The quantitative estimate of drug-likeness (QED) is 0.622. The molecule has 0 amide bonds. The van der Waals surface area contributed by atoms with E-state index in [1.54, 1.807) is 6.07 Å². The lowest BCUT2D eigenvalue weighted by molar-refractivity contribution is 0.343. The highest BCUT2D eigenvalue weighted by atomic mass is 79.9. The maximum atomic E-state index is 11.1. The van der Waals surface area contributed by atoms with Crippen molar-refractivity contribution in [1.82, 2.24) is 15.5 Å². The summed E-state index contributed by atoms with van der Waals surface area (Å²) in [4.78, 5) is 11.1. The van der Waals surface area contributed by atoms with Crippen molar-refractivity contribution in [3.8, 4) is 11.5 Å². The largest absolute Gasteiger partial charge is 0.434 e. The maximum Gasteiger partial charge on any atom is 0.434 e. The van der Waals surface area contributed by atoms with Gasteiger partial charge in [-0.1, -0.05) is 11.6 Å². The molecule has 3 rings (SSSR count). The average molecular weight is 475 g/mol. The van der Waals surface area contributed by atoms with Crippen LogP contribution in [-0.4, -0.2) is 29.3 Å². The minimum absolute atomic E-state index is 0. The summed E-state index contributed by atoms with van der Waals surface area (Å²) in [5, 5.41) is 13.6. The van der Waals surface area contributed by atoms with Crippen LogP contribution in [0.5, 0.6) is 0 Å². The number of halogens is 4. The molecule has 1 atom stereocenters. The van der Waals surface area contributed by atoms with Gasteiger partial charge in [0.1, 0.15) is 0 Å². The number of aromatic amines is 1. The fourth-order valence-corrected chi connectivity index (χ4v) is 3.50. The van der Waals surface area contributed by atoms with Crippen molar-refractivity contribution < 1.29 is 4.42 Å². The molecule has 0 saturated carbocycles. The highest BCUT2D eigenvalue weighted by molar-refractivity contribution is 9.10. The zero-order chi connectivity index (χ0) is 16.4. The highest BCUT2D eigenvalue weighted by Gasteiger charge is 2.21. The Hall–Kier alpha value is -0.730. The first-order valence-electron chi connectivity index (χ1n) is 7.57. The molecule has 0 bridgehead atoms. The van der Waals surface area contributed by atoms with E-state index in [0.717, 1.165) is 36.1 Å². The van der Waals surface area contributed by atoms with Crippen LogP contribution in [0.4, 0.5) is 5.69 Å². The van der Waals surface area contributed by atoms with Crippen LogP contribution < -0.4 is 16.4 Å². The molecule has 2 aromatic rings. The number of hydrogen-bond acceptors (Lipinski definition) is 5. The molecule has 1 aromatic carbocycles. The van der Waals surface area contributed by atoms with Gasteiger partial charge in [0.25, 0.3) is 0 Å². The van der Waals surface area contributed by atoms with Gasteiger partial charge in [-0.2, -0.15) is 0 Å². The maximum absolute atomic E-state index is 11.1. The lowest BCUT2D eigenvalue weighted by Gasteiger charge is -2.30. The smallest absolute Gasteiger partial charge is 0.388 e. The zero-order valence-corrected chi connectivity index (χ0v) is 17.4. The van der Waals surface area contributed by atoms with Crippen LogP contribution in [0.3, 0.4) is 0 Å². The van der Waals surface area contributed by atoms with Gasteiger partial charge in [0.05, 0.1) is 10.7 Å². The van der Waals surface area contributed by atoms with Crippen LogP contribution in [0, 0.1) is 5.92 Å².